The van der Waals surface area contributed by atoms with Crippen LogP contribution < -0.4 is 26.0 Å². The van der Waals surface area contributed by atoms with E-state index in [-0.39, 0.29) is 37.4 Å². The SMILES string of the molecule is CC[C@H](C)n1c(=O)c2ccccc2n(CC(=O)NCc2ccc3c(c2)OCO3)c1=O. The molecule has 1 atom stereocenters. The number of carbonyl (C=O) groups is 1. The van der Waals surface area contributed by atoms with E-state index in [1.165, 1.54) is 9.13 Å². The quantitative estimate of drug-likeness (QED) is 0.674. The van der Waals surface area contributed by atoms with Gasteiger partial charge >= 0.3 is 5.69 Å². The number of para-hydroxylation sites is 1. The van der Waals surface area contributed by atoms with E-state index in [0.717, 1.165) is 5.56 Å². The summed E-state index contributed by atoms with van der Waals surface area (Å²) in [5.74, 6) is 0.995. The Morgan fingerprint density at radius 3 is 2.70 bits per heavy atom. The van der Waals surface area contributed by atoms with Crippen molar-refractivity contribution in [1.29, 1.82) is 0 Å². The van der Waals surface area contributed by atoms with Gasteiger partial charge in [0, 0.05) is 12.6 Å². The van der Waals surface area contributed by atoms with Gasteiger partial charge in [-0.3, -0.25) is 18.7 Å². The largest absolute Gasteiger partial charge is 0.454 e. The molecule has 2 aromatic carbocycles. The Balaban J connectivity index is 1.60. The molecule has 0 spiro atoms. The van der Waals surface area contributed by atoms with Crippen LogP contribution in [0.2, 0.25) is 0 Å². The van der Waals surface area contributed by atoms with Gasteiger partial charge in [-0.05, 0) is 43.2 Å². The van der Waals surface area contributed by atoms with Crippen LogP contribution in [0.25, 0.3) is 10.9 Å². The first-order valence-corrected chi connectivity index (χ1v) is 9.89. The summed E-state index contributed by atoms with van der Waals surface area (Å²) >= 11 is 0. The van der Waals surface area contributed by atoms with Gasteiger partial charge in [0.05, 0.1) is 10.9 Å². The summed E-state index contributed by atoms with van der Waals surface area (Å²) in [7, 11) is 0. The lowest BCUT2D eigenvalue weighted by Gasteiger charge is -2.17. The van der Waals surface area contributed by atoms with Crippen molar-refractivity contribution >= 4 is 16.8 Å². The van der Waals surface area contributed by atoms with Crippen LogP contribution in [0.5, 0.6) is 11.5 Å². The summed E-state index contributed by atoms with van der Waals surface area (Å²) in [6.45, 7) is 4.02. The second-order valence-corrected chi connectivity index (χ2v) is 7.28. The lowest BCUT2D eigenvalue weighted by molar-refractivity contribution is -0.121. The van der Waals surface area contributed by atoms with E-state index in [9.17, 15) is 14.4 Å². The minimum absolute atomic E-state index is 0.180. The van der Waals surface area contributed by atoms with Crippen LogP contribution in [0.15, 0.2) is 52.1 Å². The van der Waals surface area contributed by atoms with Crippen molar-refractivity contribution in [2.75, 3.05) is 6.79 Å². The van der Waals surface area contributed by atoms with Gasteiger partial charge in [-0.1, -0.05) is 25.1 Å². The van der Waals surface area contributed by atoms with Gasteiger partial charge in [0.2, 0.25) is 12.7 Å². The molecule has 0 fully saturated rings. The Hall–Kier alpha value is -3.55. The fraction of sp³-hybridized carbons (Fsp3) is 0.318. The van der Waals surface area contributed by atoms with Crippen LogP contribution >= 0.6 is 0 Å². The number of amides is 1. The van der Waals surface area contributed by atoms with E-state index in [1.54, 1.807) is 30.3 Å². The molecule has 1 aliphatic heterocycles. The third-order valence-electron chi connectivity index (χ3n) is 5.34. The zero-order valence-corrected chi connectivity index (χ0v) is 16.9. The zero-order chi connectivity index (χ0) is 21.3. The normalized spacial score (nSPS) is 13.4. The predicted octanol–water partition coefficient (Wildman–Crippen LogP) is 2.18. The molecule has 1 amide bonds. The van der Waals surface area contributed by atoms with Crippen LogP contribution in [0.3, 0.4) is 0 Å². The van der Waals surface area contributed by atoms with Crippen molar-refractivity contribution in [3.05, 3.63) is 68.9 Å². The maximum atomic E-state index is 13.1. The number of fused-ring (bicyclic) bond motifs is 2. The van der Waals surface area contributed by atoms with E-state index in [0.29, 0.717) is 28.8 Å². The second kappa shape index (κ2) is 8.06. The number of nitrogens with one attached hydrogen (secondary N) is 1. The van der Waals surface area contributed by atoms with Crippen molar-refractivity contribution in [3.8, 4) is 11.5 Å². The van der Waals surface area contributed by atoms with E-state index < -0.39 is 5.69 Å². The second-order valence-electron chi connectivity index (χ2n) is 7.28. The fourth-order valence-electron chi connectivity index (χ4n) is 3.51. The van der Waals surface area contributed by atoms with Crippen molar-refractivity contribution in [2.24, 2.45) is 0 Å². The number of hydrogen-bond acceptors (Lipinski definition) is 5. The summed E-state index contributed by atoms with van der Waals surface area (Å²) < 4.78 is 13.2. The van der Waals surface area contributed by atoms with Crippen molar-refractivity contribution in [3.63, 3.8) is 0 Å². The van der Waals surface area contributed by atoms with Crippen molar-refractivity contribution in [2.45, 2.75) is 39.4 Å². The molecule has 1 N–H and O–H groups in total. The molecule has 1 aromatic heterocycles. The van der Waals surface area contributed by atoms with Crippen LogP contribution in [0, 0.1) is 0 Å². The molecule has 1 aliphatic rings. The number of benzene rings is 2. The maximum Gasteiger partial charge on any atom is 0.332 e. The van der Waals surface area contributed by atoms with Gasteiger partial charge in [-0.2, -0.15) is 0 Å². The highest BCUT2D eigenvalue weighted by molar-refractivity contribution is 5.81. The first kappa shape index (κ1) is 19.8. The summed E-state index contributed by atoms with van der Waals surface area (Å²) in [4.78, 5) is 38.5. The van der Waals surface area contributed by atoms with E-state index in [2.05, 4.69) is 5.32 Å². The molecule has 8 heteroatoms. The smallest absolute Gasteiger partial charge is 0.332 e. The number of nitrogens with zero attached hydrogens (tertiary/aromatic N) is 2. The first-order chi connectivity index (χ1) is 14.5. The van der Waals surface area contributed by atoms with Gasteiger partial charge in [0.15, 0.2) is 11.5 Å². The third kappa shape index (κ3) is 3.56. The average Bonchev–Trinajstić information content (AvgIpc) is 3.23. The molecule has 0 saturated heterocycles. The topological polar surface area (TPSA) is 91.6 Å². The molecule has 8 nitrogen and oxygen atoms in total. The molecular formula is C22H23N3O5. The molecule has 0 bridgehead atoms. The number of hydrogen-bond donors (Lipinski definition) is 1. The summed E-state index contributed by atoms with van der Waals surface area (Å²) in [6, 6.07) is 12.0. The molecule has 0 unspecified atom stereocenters. The van der Waals surface area contributed by atoms with Crippen molar-refractivity contribution in [1.82, 2.24) is 14.5 Å². The van der Waals surface area contributed by atoms with Gasteiger partial charge in [0.25, 0.3) is 5.56 Å². The van der Waals surface area contributed by atoms with E-state index >= 15 is 0 Å². The molecule has 3 aromatic rings. The highest BCUT2D eigenvalue weighted by Gasteiger charge is 2.18. The molecule has 0 radical (unpaired) electrons. The lowest BCUT2D eigenvalue weighted by Crippen LogP contribution is -2.43. The minimum Gasteiger partial charge on any atom is -0.454 e. The lowest BCUT2D eigenvalue weighted by atomic mass is 10.2. The number of carbonyl (C=O) groups excluding carboxylic acids is 1. The first-order valence-electron chi connectivity index (χ1n) is 9.89. The fourth-order valence-corrected chi connectivity index (χ4v) is 3.51. The molecule has 156 valence electrons. The molecule has 4 rings (SSSR count). The zero-order valence-electron chi connectivity index (χ0n) is 16.9. The standard InChI is InChI=1S/C22H23N3O5/c1-3-14(2)25-21(27)16-6-4-5-7-17(16)24(22(25)28)12-20(26)23-11-15-8-9-18-19(10-15)30-13-29-18/h4-10,14H,3,11-13H2,1-2H3,(H,23,26)/t14-/m0/s1. The summed E-state index contributed by atoms with van der Waals surface area (Å²) in [5, 5.41) is 3.24. The van der Waals surface area contributed by atoms with Crippen molar-refractivity contribution < 1.29 is 14.3 Å². The Morgan fingerprint density at radius 1 is 1.13 bits per heavy atom. The monoisotopic (exact) mass is 409 g/mol. The highest BCUT2D eigenvalue weighted by atomic mass is 16.7. The van der Waals surface area contributed by atoms with Gasteiger partial charge in [-0.15, -0.1) is 0 Å². The molecule has 30 heavy (non-hydrogen) atoms. The molecular weight excluding hydrogens is 386 g/mol. The Morgan fingerprint density at radius 2 is 1.90 bits per heavy atom. The third-order valence-corrected chi connectivity index (χ3v) is 5.34. The van der Waals surface area contributed by atoms with Crippen LogP contribution in [0.4, 0.5) is 0 Å². The highest BCUT2D eigenvalue weighted by Crippen LogP contribution is 2.32. The average molecular weight is 409 g/mol. The maximum absolute atomic E-state index is 13.1. The number of aromatic nitrogens is 2. The van der Waals surface area contributed by atoms with Crippen LogP contribution in [0.1, 0.15) is 31.9 Å². The van der Waals surface area contributed by atoms with Crippen LogP contribution in [-0.2, 0) is 17.9 Å². The van der Waals surface area contributed by atoms with Gasteiger partial charge in [-0.25, -0.2) is 4.79 Å². The number of rotatable bonds is 6. The minimum atomic E-state index is -0.480. The molecule has 0 aliphatic carbocycles. The van der Waals surface area contributed by atoms with E-state index in [4.69, 9.17) is 9.47 Å². The van der Waals surface area contributed by atoms with Crippen LogP contribution in [-0.4, -0.2) is 21.8 Å². The number of ether oxygens (including phenoxy) is 2. The van der Waals surface area contributed by atoms with Gasteiger partial charge in [0.1, 0.15) is 6.54 Å². The van der Waals surface area contributed by atoms with Gasteiger partial charge < -0.3 is 14.8 Å². The summed E-state index contributed by atoms with van der Waals surface area (Å²) in [5.41, 5.74) is 0.493. The molecule has 0 saturated carbocycles. The van der Waals surface area contributed by atoms with E-state index in [1.807, 2.05) is 26.0 Å². The Kier molecular flexibility index (Phi) is 5.31. The predicted molar refractivity (Wildman–Crippen MR) is 112 cm³/mol. The Labute approximate surface area is 172 Å². The summed E-state index contributed by atoms with van der Waals surface area (Å²) in [6.07, 6.45) is 0.629. The Bertz CT molecular complexity index is 1230. The molecule has 2 heterocycles.